The number of hydrogen-bond donors (Lipinski definition) is 1. The van der Waals surface area contributed by atoms with Gasteiger partial charge in [-0.1, -0.05) is 58.7 Å². The summed E-state index contributed by atoms with van der Waals surface area (Å²) in [7, 11) is 0. The van der Waals surface area contributed by atoms with Crippen LogP contribution in [-0.2, 0) is 5.75 Å². The minimum Gasteiger partial charge on any atom is -0.333 e. The van der Waals surface area contributed by atoms with E-state index in [1.165, 1.54) is 0 Å². The van der Waals surface area contributed by atoms with E-state index in [-0.39, 0.29) is 0 Å². The molecule has 0 saturated carbocycles. The Hall–Kier alpha value is -0.870. The second-order valence-corrected chi connectivity index (χ2v) is 6.33. The molecular formula is C14H9Cl3N2S. The van der Waals surface area contributed by atoms with Crippen LogP contribution in [0, 0.1) is 0 Å². The quantitative estimate of drug-likeness (QED) is 0.480. The number of nitrogens with zero attached hydrogens (tertiary/aromatic N) is 1. The number of nitrogens with one attached hydrogen (secondary N) is 1. The molecule has 0 saturated heterocycles. The Morgan fingerprint density at radius 2 is 1.75 bits per heavy atom. The van der Waals surface area contributed by atoms with Crippen LogP contribution < -0.4 is 0 Å². The van der Waals surface area contributed by atoms with Gasteiger partial charge < -0.3 is 4.98 Å². The molecule has 6 heteroatoms. The fourth-order valence-corrected chi connectivity index (χ4v) is 3.61. The van der Waals surface area contributed by atoms with E-state index >= 15 is 0 Å². The molecule has 0 radical (unpaired) electrons. The number of benzene rings is 2. The second-order valence-electron chi connectivity index (χ2n) is 4.17. The first kappa shape index (κ1) is 14.1. The van der Waals surface area contributed by atoms with Gasteiger partial charge in [0.15, 0.2) is 5.16 Å². The monoisotopic (exact) mass is 342 g/mol. The predicted molar refractivity (Wildman–Crippen MR) is 87.1 cm³/mol. The molecule has 3 rings (SSSR count). The summed E-state index contributed by atoms with van der Waals surface area (Å²) in [4.78, 5) is 7.75. The van der Waals surface area contributed by atoms with Crippen molar-refractivity contribution in [3.63, 3.8) is 0 Å². The van der Waals surface area contributed by atoms with Crippen LogP contribution in [0.1, 0.15) is 5.56 Å². The Kier molecular flexibility index (Phi) is 4.13. The van der Waals surface area contributed by atoms with Crippen LogP contribution in [0.15, 0.2) is 41.6 Å². The highest BCUT2D eigenvalue weighted by Crippen LogP contribution is 2.35. The van der Waals surface area contributed by atoms with Crippen LogP contribution >= 0.6 is 46.6 Å². The van der Waals surface area contributed by atoms with Crippen LogP contribution in [0.25, 0.3) is 11.0 Å². The Balaban J connectivity index is 1.84. The van der Waals surface area contributed by atoms with Crippen LogP contribution in [0.3, 0.4) is 0 Å². The lowest BCUT2D eigenvalue weighted by Gasteiger charge is -2.06. The molecule has 0 amide bonds. The summed E-state index contributed by atoms with van der Waals surface area (Å²) in [5.74, 6) is 0.609. The first-order valence-electron chi connectivity index (χ1n) is 5.85. The lowest BCUT2D eigenvalue weighted by atomic mass is 10.2. The van der Waals surface area contributed by atoms with Crippen LogP contribution in [0.5, 0.6) is 0 Å². The van der Waals surface area contributed by atoms with E-state index in [9.17, 15) is 0 Å². The molecular weight excluding hydrogens is 335 g/mol. The van der Waals surface area contributed by atoms with Crippen molar-refractivity contribution < 1.29 is 0 Å². The molecule has 0 spiro atoms. The minimum absolute atomic E-state index is 0.503. The van der Waals surface area contributed by atoms with Gasteiger partial charge in [-0.3, -0.25) is 0 Å². The molecule has 0 atom stereocenters. The Morgan fingerprint density at radius 3 is 2.55 bits per heavy atom. The molecule has 0 aliphatic carbocycles. The zero-order valence-corrected chi connectivity index (χ0v) is 13.2. The number of para-hydroxylation sites is 2. The molecule has 20 heavy (non-hydrogen) atoms. The fourth-order valence-electron chi connectivity index (χ4n) is 1.84. The molecule has 3 aromatic rings. The normalized spacial score (nSPS) is 11.2. The third-order valence-corrected chi connectivity index (χ3v) is 4.96. The Labute approximate surface area is 135 Å². The van der Waals surface area contributed by atoms with Gasteiger partial charge in [0.1, 0.15) is 0 Å². The van der Waals surface area contributed by atoms with Gasteiger partial charge in [-0.15, -0.1) is 0 Å². The number of aromatic amines is 1. The Bertz CT molecular complexity index is 737. The lowest BCUT2D eigenvalue weighted by Crippen LogP contribution is -1.87. The summed E-state index contributed by atoms with van der Waals surface area (Å²) >= 11 is 19.9. The number of rotatable bonds is 3. The maximum absolute atomic E-state index is 6.18. The third-order valence-electron chi connectivity index (χ3n) is 2.86. The lowest BCUT2D eigenvalue weighted by molar-refractivity contribution is 1.08. The first-order valence-corrected chi connectivity index (χ1v) is 7.97. The van der Waals surface area contributed by atoms with Gasteiger partial charge in [0, 0.05) is 16.3 Å². The maximum Gasteiger partial charge on any atom is 0.166 e. The predicted octanol–water partition coefficient (Wildman–Crippen LogP) is 5.82. The Morgan fingerprint density at radius 1 is 1.00 bits per heavy atom. The smallest absolute Gasteiger partial charge is 0.166 e. The van der Waals surface area contributed by atoms with Gasteiger partial charge in [0.25, 0.3) is 0 Å². The SMILES string of the molecule is Clc1ccc(Cl)c(CSc2nc3ccccc3[nH]2)c1Cl. The zero-order chi connectivity index (χ0) is 14.1. The fraction of sp³-hybridized carbons (Fsp3) is 0.0714. The highest BCUT2D eigenvalue weighted by atomic mass is 35.5. The van der Waals surface area contributed by atoms with Crippen molar-refractivity contribution in [2.24, 2.45) is 0 Å². The molecule has 1 heterocycles. The van der Waals surface area contributed by atoms with Crippen molar-refractivity contribution in [3.05, 3.63) is 57.0 Å². The van der Waals surface area contributed by atoms with Gasteiger partial charge in [0.2, 0.25) is 0 Å². The average Bonchev–Trinajstić information content (AvgIpc) is 2.86. The number of aromatic nitrogens is 2. The van der Waals surface area contributed by atoms with Crippen LogP contribution in [-0.4, -0.2) is 9.97 Å². The topological polar surface area (TPSA) is 28.7 Å². The van der Waals surface area contributed by atoms with Gasteiger partial charge in [-0.25, -0.2) is 4.98 Å². The van der Waals surface area contributed by atoms with E-state index in [0.717, 1.165) is 21.8 Å². The molecule has 0 fully saturated rings. The number of thioether (sulfide) groups is 1. The van der Waals surface area contributed by atoms with Crippen molar-refractivity contribution in [2.75, 3.05) is 0 Å². The van der Waals surface area contributed by atoms with E-state index in [4.69, 9.17) is 34.8 Å². The molecule has 0 aliphatic rings. The van der Waals surface area contributed by atoms with E-state index in [2.05, 4.69) is 9.97 Å². The molecule has 1 N–H and O–H groups in total. The van der Waals surface area contributed by atoms with Crippen molar-refractivity contribution >= 4 is 57.6 Å². The molecule has 0 bridgehead atoms. The molecule has 0 unspecified atom stereocenters. The second kappa shape index (κ2) is 5.86. The summed E-state index contributed by atoms with van der Waals surface area (Å²) in [6, 6.07) is 11.3. The third kappa shape index (κ3) is 2.77. The van der Waals surface area contributed by atoms with E-state index < -0.39 is 0 Å². The number of hydrogen-bond acceptors (Lipinski definition) is 2. The van der Waals surface area contributed by atoms with E-state index in [1.807, 2.05) is 24.3 Å². The van der Waals surface area contributed by atoms with Crippen molar-refractivity contribution in [2.45, 2.75) is 10.9 Å². The first-order chi connectivity index (χ1) is 9.65. The number of H-pyrrole nitrogens is 1. The van der Waals surface area contributed by atoms with Crippen molar-refractivity contribution in [3.8, 4) is 0 Å². The van der Waals surface area contributed by atoms with Crippen LogP contribution in [0.2, 0.25) is 15.1 Å². The molecule has 0 aliphatic heterocycles. The van der Waals surface area contributed by atoms with Crippen molar-refractivity contribution in [1.29, 1.82) is 0 Å². The summed E-state index contributed by atoms with van der Waals surface area (Å²) in [6.07, 6.45) is 0. The largest absolute Gasteiger partial charge is 0.333 e. The van der Waals surface area contributed by atoms with Gasteiger partial charge in [0.05, 0.1) is 21.1 Å². The van der Waals surface area contributed by atoms with E-state index in [1.54, 1.807) is 23.9 Å². The highest BCUT2D eigenvalue weighted by Gasteiger charge is 2.11. The molecule has 2 aromatic carbocycles. The average molecular weight is 344 g/mol. The molecule has 1 aromatic heterocycles. The summed E-state index contributed by atoms with van der Waals surface area (Å²) in [5.41, 5.74) is 2.78. The highest BCUT2D eigenvalue weighted by molar-refractivity contribution is 7.98. The molecule has 102 valence electrons. The minimum atomic E-state index is 0.503. The van der Waals surface area contributed by atoms with Crippen LogP contribution in [0.4, 0.5) is 0 Å². The van der Waals surface area contributed by atoms with Gasteiger partial charge >= 0.3 is 0 Å². The maximum atomic E-state index is 6.18. The summed E-state index contributed by atoms with van der Waals surface area (Å²) < 4.78 is 0. The standard InChI is InChI=1S/C14H9Cl3N2S/c15-9-5-6-10(16)13(17)8(9)7-20-14-18-11-3-1-2-4-12(11)19-14/h1-6H,7H2,(H,18,19). The summed E-state index contributed by atoms with van der Waals surface area (Å²) in [6.45, 7) is 0. The van der Waals surface area contributed by atoms with Gasteiger partial charge in [-0.05, 0) is 24.3 Å². The number of imidazole rings is 1. The number of fused-ring (bicyclic) bond motifs is 1. The molecule has 2 nitrogen and oxygen atoms in total. The van der Waals surface area contributed by atoms with Gasteiger partial charge in [-0.2, -0.15) is 0 Å². The van der Waals surface area contributed by atoms with E-state index in [0.29, 0.717) is 20.8 Å². The number of halogens is 3. The summed E-state index contributed by atoms with van der Waals surface area (Å²) in [5, 5.41) is 2.46. The zero-order valence-electron chi connectivity index (χ0n) is 10.2. The van der Waals surface area contributed by atoms with Crippen molar-refractivity contribution in [1.82, 2.24) is 9.97 Å².